The van der Waals surface area contributed by atoms with Crippen LogP contribution in [0.1, 0.15) is 33.1 Å². The molecule has 0 aromatic heterocycles. The topological polar surface area (TPSA) is 52.0 Å². The minimum absolute atomic E-state index is 0.684. The third-order valence-electron chi connectivity index (χ3n) is 2.56. The van der Waals surface area contributed by atoms with E-state index in [2.05, 4.69) is 13.8 Å². The van der Waals surface area contributed by atoms with Gasteiger partial charge >= 0.3 is 0 Å². The van der Waals surface area contributed by atoms with E-state index in [4.69, 9.17) is 11.5 Å². The molecule has 0 saturated heterocycles. The summed E-state index contributed by atoms with van der Waals surface area (Å²) >= 11 is 0. The molecule has 0 spiro atoms. The van der Waals surface area contributed by atoms with Gasteiger partial charge in [-0.3, -0.25) is 0 Å². The van der Waals surface area contributed by atoms with Gasteiger partial charge in [-0.25, -0.2) is 0 Å². The fourth-order valence-electron chi connectivity index (χ4n) is 1.68. The van der Waals surface area contributed by atoms with Crippen LogP contribution in [0.5, 0.6) is 0 Å². The van der Waals surface area contributed by atoms with Crippen molar-refractivity contribution in [2.75, 3.05) is 13.1 Å². The van der Waals surface area contributed by atoms with Crippen LogP contribution in [-0.4, -0.2) is 13.1 Å². The SMILES string of the molecule is CCC(CN)C(CC)CCN. The first-order valence-electron chi connectivity index (χ1n) is 4.70. The van der Waals surface area contributed by atoms with Crippen molar-refractivity contribution < 1.29 is 0 Å². The summed E-state index contributed by atoms with van der Waals surface area (Å²) in [6, 6.07) is 0. The zero-order chi connectivity index (χ0) is 8.69. The van der Waals surface area contributed by atoms with Gasteiger partial charge < -0.3 is 11.5 Å². The summed E-state index contributed by atoms with van der Waals surface area (Å²) in [4.78, 5) is 0. The standard InChI is InChI=1S/C9H22N2/c1-3-8(5-6-10)9(4-2)7-11/h8-9H,3-7,10-11H2,1-2H3. The number of nitrogens with two attached hydrogens (primary N) is 2. The highest BCUT2D eigenvalue weighted by Gasteiger charge is 2.15. The van der Waals surface area contributed by atoms with Gasteiger partial charge in [0.1, 0.15) is 0 Å². The van der Waals surface area contributed by atoms with Gasteiger partial charge in [-0.1, -0.05) is 26.7 Å². The van der Waals surface area contributed by atoms with Crippen molar-refractivity contribution in [1.82, 2.24) is 0 Å². The van der Waals surface area contributed by atoms with Crippen LogP contribution in [0, 0.1) is 11.8 Å². The van der Waals surface area contributed by atoms with E-state index in [-0.39, 0.29) is 0 Å². The van der Waals surface area contributed by atoms with Crippen LogP contribution in [0.15, 0.2) is 0 Å². The van der Waals surface area contributed by atoms with E-state index >= 15 is 0 Å². The van der Waals surface area contributed by atoms with Gasteiger partial charge in [-0.05, 0) is 31.3 Å². The van der Waals surface area contributed by atoms with Gasteiger partial charge in [0.2, 0.25) is 0 Å². The summed E-state index contributed by atoms with van der Waals surface area (Å²) in [5.74, 6) is 1.43. The molecule has 2 nitrogen and oxygen atoms in total. The van der Waals surface area contributed by atoms with Crippen LogP contribution in [0.25, 0.3) is 0 Å². The molecule has 0 aliphatic heterocycles. The highest BCUT2D eigenvalue weighted by atomic mass is 14.6. The lowest BCUT2D eigenvalue weighted by atomic mass is 9.85. The summed E-state index contributed by atoms with van der Waals surface area (Å²) in [6.45, 7) is 6.04. The Bertz CT molecular complexity index is 79.6. The zero-order valence-corrected chi connectivity index (χ0v) is 7.84. The van der Waals surface area contributed by atoms with Gasteiger partial charge in [0.05, 0.1) is 0 Å². The molecule has 0 aromatic carbocycles. The van der Waals surface area contributed by atoms with E-state index in [1.165, 1.54) is 12.8 Å². The molecule has 0 saturated carbocycles. The van der Waals surface area contributed by atoms with E-state index in [0.29, 0.717) is 5.92 Å². The van der Waals surface area contributed by atoms with Crippen LogP contribution >= 0.6 is 0 Å². The van der Waals surface area contributed by atoms with Crippen LogP contribution in [0.4, 0.5) is 0 Å². The maximum Gasteiger partial charge on any atom is -0.00463 e. The van der Waals surface area contributed by atoms with E-state index in [9.17, 15) is 0 Å². The monoisotopic (exact) mass is 158 g/mol. The third kappa shape index (κ3) is 3.73. The Labute approximate surface area is 70.3 Å². The second kappa shape index (κ2) is 6.62. The Kier molecular flexibility index (Phi) is 6.57. The van der Waals surface area contributed by atoms with Crippen molar-refractivity contribution >= 4 is 0 Å². The summed E-state index contributed by atoms with van der Waals surface area (Å²) in [6.07, 6.45) is 3.54. The lowest BCUT2D eigenvalue weighted by molar-refractivity contribution is 0.305. The molecule has 0 aliphatic rings. The molecule has 2 heteroatoms. The lowest BCUT2D eigenvalue weighted by Crippen LogP contribution is -2.24. The predicted molar refractivity (Wildman–Crippen MR) is 50.3 cm³/mol. The Morgan fingerprint density at radius 1 is 1.00 bits per heavy atom. The van der Waals surface area contributed by atoms with Crippen molar-refractivity contribution in [2.24, 2.45) is 23.3 Å². The molecule has 68 valence electrons. The summed E-state index contributed by atoms with van der Waals surface area (Å²) in [7, 11) is 0. The van der Waals surface area contributed by atoms with Crippen molar-refractivity contribution in [1.29, 1.82) is 0 Å². The molecule has 0 amide bonds. The predicted octanol–water partition coefficient (Wildman–Crippen LogP) is 1.35. The molecule has 11 heavy (non-hydrogen) atoms. The van der Waals surface area contributed by atoms with E-state index < -0.39 is 0 Å². The minimum atomic E-state index is 0.684. The molecule has 0 aliphatic carbocycles. The molecule has 4 N–H and O–H groups in total. The highest BCUT2D eigenvalue weighted by molar-refractivity contribution is 4.68. The Morgan fingerprint density at radius 3 is 1.82 bits per heavy atom. The summed E-state index contributed by atoms with van der Waals surface area (Å²) < 4.78 is 0. The summed E-state index contributed by atoms with van der Waals surface area (Å²) in [5, 5.41) is 0. The summed E-state index contributed by atoms with van der Waals surface area (Å²) in [5.41, 5.74) is 11.2. The molecular weight excluding hydrogens is 136 g/mol. The second-order valence-electron chi connectivity index (χ2n) is 3.15. The number of rotatable bonds is 6. The van der Waals surface area contributed by atoms with Crippen LogP contribution in [-0.2, 0) is 0 Å². The molecule has 0 fully saturated rings. The minimum Gasteiger partial charge on any atom is -0.330 e. The lowest BCUT2D eigenvalue weighted by Gasteiger charge is -2.22. The third-order valence-corrected chi connectivity index (χ3v) is 2.56. The molecule has 2 atom stereocenters. The van der Waals surface area contributed by atoms with Crippen molar-refractivity contribution in [3.05, 3.63) is 0 Å². The molecule has 0 radical (unpaired) electrons. The fourth-order valence-corrected chi connectivity index (χ4v) is 1.68. The van der Waals surface area contributed by atoms with E-state index in [0.717, 1.165) is 25.4 Å². The molecule has 0 aromatic rings. The van der Waals surface area contributed by atoms with Gasteiger partial charge in [0.25, 0.3) is 0 Å². The van der Waals surface area contributed by atoms with Crippen molar-refractivity contribution in [2.45, 2.75) is 33.1 Å². The Morgan fingerprint density at radius 2 is 1.55 bits per heavy atom. The fraction of sp³-hybridized carbons (Fsp3) is 1.00. The van der Waals surface area contributed by atoms with E-state index in [1.54, 1.807) is 0 Å². The first-order chi connectivity index (χ1) is 5.29. The maximum atomic E-state index is 5.65. The van der Waals surface area contributed by atoms with Gasteiger partial charge in [-0.2, -0.15) is 0 Å². The van der Waals surface area contributed by atoms with Gasteiger partial charge in [0.15, 0.2) is 0 Å². The first kappa shape index (κ1) is 10.9. The molecule has 0 rings (SSSR count). The van der Waals surface area contributed by atoms with Crippen LogP contribution < -0.4 is 11.5 Å². The number of hydrogen-bond donors (Lipinski definition) is 2. The number of hydrogen-bond acceptors (Lipinski definition) is 2. The smallest absolute Gasteiger partial charge is 0.00463 e. The molecule has 2 unspecified atom stereocenters. The molecule has 0 bridgehead atoms. The van der Waals surface area contributed by atoms with Crippen LogP contribution in [0.3, 0.4) is 0 Å². The second-order valence-corrected chi connectivity index (χ2v) is 3.15. The zero-order valence-electron chi connectivity index (χ0n) is 7.84. The normalized spacial score (nSPS) is 16.4. The Balaban J connectivity index is 3.76. The van der Waals surface area contributed by atoms with Crippen molar-refractivity contribution in [3.63, 3.8) is 0 Å². The first-order valence-corrected chi connectivity index (χ1v) is 4.70. The van der Waals surface area contributed by atoms with Gasteiger partial charge in [0, 0.05) is 0 Å². The van der Waals surface area contributed by atoms with Crippen molar-refractivity contribution in [3.8, 4) is 0 Å². The average Bonchev–Trinajstić information content (AvgIpc) is 2.05. The maximum absolute atomic E-state index is 5.65. The van der Waals surface area contributed by atoms with E-state index in [1.807, 2.05) is 0 Å². The quantitative estimate of drug-likeness (QED) is 0.613. The highest BCUT2D eigenvalue weighted by Crippen LogP contribution is 2.20. The molecule has 0 heterocycles. The van der Waals surface area contributed by atoms with Gasteiger partial charge in [-0.15, -0.1) is 0 Å². The Hall–Kier alpha value is -0.0800. The molecular formula is C9H22N2. The van der Waals surface area contributed by atoms with Crippen LogP contribution in [0.2, 0.25) is 0 Å². The average molecular weight is 158 g/mol. The largest absolute Gasteiger partial charge is 0.330 e.